The van der Waals surface area contributed by atoms with E-state index < -0.39 is 0 Å². The third-order valence-corrected chi connectivity index (χ3v) is 3.36. The lowest BCUT2D eigenvalue weighted by Gasteiger charge is -2.02. The quantitative estimate of drug-likeness (QED) is 0.793. The van der Waals surface area contributed by atoms with Gasteiger partial charge in [-0.05, 0) is 49.4 Å². The number of carbonyl (C=O) groups is 1. The number of rotatable bonds is 4. The minimum absolute atomic E-state index is 0.633. The lowest BCUT2D eigenvalue weighted by molar-refractivity contribution is 0.111. The van der Waals surface area contributed by atoms with Crippen molar-refractivity contribution in [3.63, 3.8) is 0 Å². The van der Waals surface area contributed by atoms with E-state index in [4.69, 9.17) is 0 Å². The number of hydrogen-bond donors (Lipinski definition) is 2. The summed E-state index contributed by atoms with van der Waals surface area (Å²) < 4.78 is 0. The van der Waals surface area contributed by atoms with Crippen LogP contribution in [0, 0.1) is 19.8 Å². The lowest BCUT2D eigenvalue weighted by Crippen LogP contribution is -1.94. The van der Waals surface area contributed by atoms with E-state index in [1.807, 2.05) is 13.8 Å². The van der Waals surface area contributed by atoms with Crippen molar-refractivity contribution < 1.29 is 4.79 Å². The standard InChI is InChI=1S/C15H20N2O/c1-9(2)7-12-5-6-13(16-12)15-11(4)10(3)14(8-18)17-15/h5-6,8-9,16-17H,7H2,1-4H3. The van der Waals surface area contributed by atoms with Crippen molar-refractivity contribution in [3.05, 3.63) is 34.6 Å². The largest absolute Gasteiger partial charge is 0.357 e. The summed E-state index contributed by atoms with van der Waals surface area (Å²) in [6, 6.07) is 4.19. The molecular formula is C15H20N2O. The molecule has 0 spiro atoms. The maximum Gasteiger partial charge on any atom is 0.166 e. The fourth-order valence-corrected chi connectivity index (χ4v) is 2.24. The summed E-state index contributed by atoms with van der Waals surface area (Å²) in [6.45, 7) is 8.41. The highest BCUT2D eigenvalue weighted by atomic mass is 16.1. The van der Waals surface area contributed by atoms with Gasteiger partial charge in [-0.1, -0.05) is 13.8 Å². The second kappa shape index (κ2) is 4.84. The minimum atomic E-state index is 0.633. The molecule has 2 aromatic heterocycles. The second-order valence-corrected chi connectivity index (χ2v) is 5.28. The molecule has 18 heavy (non-hydrogen) atoms. The molecule has 3 nitrogen and oxygen atoms in total. The Kier molecular flexibility index (Phi) is 3.41. The van der Waals surface area contributed by atoms with Crippen LogP contribution in [0.4, 0.5) is 0 Å². The van der Waals surface area contributed by atoms with E-state index in [9.17, 15) is 4.79 Å². The summed E-state index contributed by atoms with van der Waals surface area (Å²) in [4.78, 5) is 17.5. The van der Waals surface area contributed by atoms with Crippen molar-refractivity contribution in [1.82, 2.24) is 9.97 Å². The SMILES string of the molecule is Cc1c(C=O)[nH]c(-c2ccc(CC(C)C)[nH]2)c1C. The van der Waals surface area contributed by atoms with E-state index >= 15 is 0 Å². The molecule has 0 amide bonds. The number of hydrogen-bond acceptors (Lipinski definition) is 1. The van der Waals surface area contributed by atoms with Crippen LogP contribution in [0.5, 0.6) is 0 Å². The molecule has 2 N–H and O–H groups in total. The average Bonchev–Trinajstić information content (AvgIpc) is 2.86. The predicted molar refractivity (Wildman–Crippen MR) is 74.0 cm³/mol. The first-order chi connectivity index (χ1) is 8.52. The predicted octanol–water partition coefficient (Wildman–Crippen LogP) is 3.64. The Balaban J connectivity index is 2.37. The number of nitrogens with one attached hydrogen (secondary N) is 2. The Morgan fingerprint density at radius 3 is 2.44 bits per heavy atom. The number of aldehydes is 1. The van der Waals surface area contributed by atoms with Crippen LogP contribution in [0.25, 0.3) is 11.4 Å². The van der Waals surface area contributed by atoms with E-state index in [0.29, 0.717) is 11.6 Å². The molecule has 96 valence electrons. The Hall–Kier alpha value is -1.77. The van der Waals surface area contributed by atoms with Gasteiger partial charge in [-0.25, -0.2) is 0 Å². The number of aromatic amines is 2. The summed E-state index contributed by atoms with van der Waals surface area (Å²) in [7, 11) is 0. The third kappa shape index (κ3) is 2.26. The van der Waals surface area contributed by atoms with Gasteiger partial charge in [0.2, 0.25) is 0 Å². The fourth-order valence-electron chi connectivity index (χ4n) is 2.24. The highest BCUT2D eigenvalue weighted by molar-refractivity contribution is 5.79. The van der Waals surface area contributed by atoms with Gasteiger partial charge in [-0.15, -0.1) is 0 Å². The molecule has 0 aliphatic heterocycles. The van der Waals surface area contributed by atoms with Gasteiger partial charge >= 0.3 is 0 Å². The van der Waals surface area contributed by atoms with Crippen molar-refractivity contribution in [2.24, 2.45) is 5.92 Å². The van der Waals surface area contributed by atoms with Gasteiger partial charge in [-0.2, -0.15) is 0 Å². The number of carbonyl (C=O) groups excluding carboxylic acids is 1. The molecule has 0 fully saturated rings. The van der Waals surface area contributed by atoms with E-state index in [-0.39, 0.29) is 0 Å². The lowest BCUT2D eigenvalue weighted by atomic mass is 10.1. The van der Waals surface area contributed by atoms with Gasteiger partial charge in [0.15, 0.2) is 6.29 Å². The van der Waals surface area contributed by atoms with Gasteiger partial charge in [0.25, 0.3) is 0 Å². The van der Waals surface area contributed by atoms with Crippen molar-refractivity contribution in [2.45, 2.75) is 34.1 Å². The van der Waals surface area contributed by atoms with E-state index in [0.717, 1.165) is 35.2 Å². The Morgan fingerprint density at radius 2 is 1.89 bits per heavy atom. The first kappa shape index (κ1) is 12.7. The summed E-state index contributed by atoms with van der Waals surface area (Å²) in [5, 5.41) is 0. The highest BCUT2D eigenvalue weighted by Gasteiger charge is 2.13. The Morgan fingerprint density at radius 1 is 1.17 bits per heavy atom. The molecule has 0 saturated carbocycles. The van der Waals surface area contributed by atoms with Gasteiger partial charge < -0.3 is 9.97 Å². The molecule has 0 atom stereocenters. The van der Waals surface area contributed by atoms with Crippen LogP contribution in [0.1, 0.15) is 41.2 Å². The number of aromatic nitrogens is 2. The minimum Gasteiger partial charge on any atom is -0.357 e. The van der Waals surface area contributed by atoms with Crippen molar-refractivity contribution >= 4 is 6.29 Å². The second-order valence-electron chi connectivity index (χ2n) is 5.28. The van der Waals surface area contributed by atoms with Gasteiger partial charge in [0.1, 0.15) is 0 Å². The molecule has 0 unspecified atom stereocenters. The van der Waals surface area contributed by atoms with Crippen LogP contribution in [-0.4, -0.2) is 16.3 Å². The van der Waals surface area contributed by atoms with Crippen LogP contribution < -0.4 is 0 Å². The summed E-state index contributed by atoms with van der Waals surface area (Å²) >= 11 is 0. The zero-order valence-corrected chi connectivity index (χ0v) is 11.4. The molecule has 3 heteroatoms. The first-order valence-corrected chi connectivity index (χ1v) is 6.35. The molecule has 0 aliphatic rings. The normalized spacial score (nSPS) is 11.2. The average molecular weight is 244 g/mol. The van der Waals surface area contributed by atoms with Crippen LogP contribution in [0.15, 0.2) is 12.1 Å². The van der Waals surface area contributed by atoms with Crippen LogP contribution in [0.2, 0.25) is 0 Å². The zero-order chi connectivity index (χ0) is 13.3. The Labute approximate surface area is 108 Å². The van der Waals surface area contributed by atoms with E-state index in [1.165, 1.54) is 5.69 Å². The summed E-state index contributed by atoms with van der Waals surface area (Å²) in [5.41, 5.74) is 6.14. The topological polar surface area (TPSA) is 48.6 Å². The maximum atomic E-state index is 10.9. The smallest absolute Gasteiger partial charge is 0.166 e. The molecule has 2 aromatic rings. The molecule has 0 radical (unpaired) electrons. The first-order valence-electron chi connectivity index (χ1n) is 6.35. The van der Waals surface area contributed by atoms with Crippen LogP contribution in [0.3, 0.4) is 0 Å². The van der Waals surface area contributed by atoms with Crippen LogP contribution in [-0.2, 0) is 6.42 Å². The highest BCUT2D eigenvalue weighted by Crippen LogP contribution is 2.26. The maximum absolute atomic E-state index is 10.9. The van der Waals surface area contributed by atoms with Gasteiger partial charge in [0, 0.05) is 5.69 Å². The van der Waals surface area contributed by atoms with E-state index in [1.54, 1.807) is 0 Å². The number of H-pyrrole nitrogens is 2. The monoisotopic (exact) mass is 244 g/mol. The molecule has 2 rings (SSSR count). The molecular weight excluding hydrogens is 224 g/mol. The summed E-state index contributed by atoms with van der Waals surface area (Å²) in [5.74, 6) is 0.633. The molecule has 0 saturated heterocycles. The van der Waals surface area contributed by atoms with E-state index in [2.05, 4.69) is 35.9 Å². The van der Waals surface area contributed by atoms with Gasteiger partial charge in [0.05, 0.1) is 17.1 Å². The fraction of sp³-hybridized carbons (Fsp3) is 0.400. The molecule has 0 bridgehead atoms. The molecule has 0 aromatic carbocycles. The van der Waals surface area contributed by atoms with Crippen LogP contribution >= 0.6 is 0 Å². The molecule has 2 heterocycles. The van der Waals surface area contributed by atoms with Crippen molar-refractivity contribution in [1.29, 1.82) is 0 Å². The van der Waals surface area contributed by atoms with Gasteiger partial charge in [-0.3, -0.25) is 4.79 Å². The third-order valence-electron chi connectivity index (χ3n) is 3.36. The van der Waals surface area contributed by atoms with Crippen molar-refractivity contribution in [2.75, 3.05) is 0 Å². The zero-order valence-electron chi connectivity index (χ0n) is 11.4. The molecule has 0 aliphatic carbocycles. The summed E-state index contributed by atoms with van der Waals surface area (Å²) in [6.07, 6.45) is 1.92. The Bertz CT molecular complexity index is 561. The van der Waals surface area contributed by atoms with Crippen molar-refractivity contribution in [3.8, 4) is 11.4 Å².